The third-order valence-corrected chi connectivity index (χ3v) is 6.65. The molecule has 4 rings (SSSR count). The molecule has 2 heterocycles. The fourth-order valence-corrected chi connectivity index (χ4v) is 5.07. The van der Waals surface area contributed by atoms with Crippen LogP contribution in [-0.4, -0.2) is 34.3 Å². The van der Waals surface area contributed by atoms with Gasteiger partial charge in [-0.05, 0) is 49.9 Å². The zero-order chi connectivity index (χ0) is 23.4. The Kier molecular flexibility index (Phi) is 7.01. The number of carbonyl (C=O) groups is 1. The number of nitrogens with one attached hydrogen (secondary N) is 1. The van der Waals surface area contributed by atoms with Gasteiger partial charge in [-0.1, -0.05) is 18.2 Å². The molecule has 0 saturated heterocycles. The Balaban J connectivity index is 1.96. The molecule has 0 bridgehead atoms. The van der Waals surface area contributed by atoms with Crippen LogP contribution in [0.3, 0.4) is 0 Å². The van der Waals surface area contributed by atoms with Crippen molar-refractivity contribution in [3.05, 3.63) is 77.7 Å². The van der Waals surface area contributed by atoms with Crippen LogP contribution in [0.1, 0.15) is 28.5 Å². The number of ether oxygens (including phenoxy) is 1. The first kappa shape index (κ1) is 22.9. The molecule has 2 N–H and O–H groups in total. The van der Waals surface area contributed by atoms with Crippen LogP contribution < -0.4 is 5.32 Å². The van der Waals surface area contributed by atoms with Gasteiger partial charge in [-0.15, -0.1) is 11.8 Å². The van der Waals surface area contributed by atoms with Crippen LogP contribution in [0.25, 0.3) is 22.0 Å². The molecule has 0 fully saturated rings. The maximum Gasteiger partial charge on any atom is 0.340 e. The van der Waals surface area contributed by atoms with Gasteiger partial charge in [0.15, 0.2) is 0 Å². The molecule has 2 aromatic heterocycles. The molecular weight excluding hydrogens is 434 g/mol. The highest BCUT2D eigenvalue weighted by Crippen LogP contribution is 2.42. The van der Waals surface area contributed by atoms with E-state index in [1.807, 2.05) is 55.1 Å². The third kappa shape index (κ3) is 4.47. The van der Waals surface area contributed by atoms with E-state index < -0.39 is 0 Å². The second kappa shape index (κ2) is 10.1. The lowest BCUT2D eigenvalue weighted by atomic mass is 9.96. The molecule has 0 saturated carbocycles. The predicted octanol–water partition coefficient (Wildman–Crippen LogP) is 5.13. The van der Waals surface area contributed by atoms with Crippen molar-refractivity contribution in [1.29, 1.82) is 0 Å². The van der Waals surface area contributed by atoms with E-state index in [9.17, 15) is 9.90 Å². The summed E-state index contributed by atoms with van der Waals surface area (Å²) in [4.78, 5) is 18.4. The molecular formula is C26H27N3O3S. The number of rotatable bonds is 8. The Bertz CT molecular complexity index is 1270. The van der Waals surface area contributed by atoms with Crippen molar-refractivity contribution in [2.75, 3.05) is 13.7 Å². The molecule has 0 unspecified atom stereocenters. The maximum atomic E-state index is 13.2. The summed E-state index contributed by atoms with van der Waals surface area (Å²) in [6, 6.07) is 15.8. The fourth-order valence-electron chi connectivity index (χ4n) is 4.07. The van der Waals surface area contributed by atoms with E-state index in [-0.39, 0.29) is 18.3 Å². The van der Waals surface area contributed by atoms with E-state index in [2.05, 4.69) is 22.4 Å². The summed E-state index contributed by atoms with van der Waals surface area (Å²) in [5.74, 6) is 0.370. The van der Waals surface area contributed by atoms with Gasteiger partial charge in [0.2, 0.25) is 0 Å². The number of aromatic hydroxyl groups is 1. The number of aromatic nitrogens is 2. The van der Waals surface area contributed by atoms with Crippen molar-refractivity contribution in [1.82, 2.24) is 14.9 Å². The van der Waals surface area contributed by atoms with E-state index in [1.54, 1.807) is 31.1 Å². The molecule has 0 aliphatic carbocycles. The first-order chi connectivity index (χ1) is 16.1. The van der Waals surface area contributed by atoms with Crippen LogP contribution in [0.15, 0.2) is 65.8 Å². The smallest absolute Gasteiger partial charge is 0.340 e. The lowest BCUT2D eigenvalue weighted by Gasteiger charge is -2.13. The van der Waals surface area contributed by atoms with Crippen LogP contribution in [0.4, 0.5) is 0 Å². The minimum Gasteiger partial charge on any atom is -0.507 e. The molecule has 33 heavy (non-hydrogen) atoms. The fraction of sp³-hybridized carbons (Fsp3) is 0.231. The SMILES string of the molecule is CCOC(=O)c1c(CSc2ccccc2)n(C)c2cc(-c3ccncc3)c(O)c(CNC)c12. The molecule has 0 radical (unpaired) electrons. The number of hydrogen-bond acceptors (Lipinski definition) is 6. The number of nitrogens with zero attached hydrogens (tertiary/aromatic N) is 2. The number of esters is 1. The average molecular weight is 462 g/mol. The van der Waals surface area contributed by atoms with Crippen molar-refractivity contribution >= 4 is 28.6 Å². The third-order valence-electron chi connectivity index (χ3n) is 5.63. The average Bonchev–Trinajstić information content (AvgIpc) is 3.12. The highest BCUT2D eigenvalue weighted by atomic mass is 32.2. The highest BCUT2D eigenvalue weighted by molar-refractivity contribution is 7.98. The first-order valence-corrected chi connectivity index (χ1v) is 11.8. The minimum atomic E-state index is -0.375. The van der Waals surface area contributed by atoms with E-state index in [0.29, 0.717) is 29.0 Å². The summed E-state index contributed by atoms with van der Waals surface area (Å²) in [6.45, 7) is 2.49. The van der Waals surface area contributed by atoms with Gasteiger partial charge < -0.3 is 19.7 Å². The van der Waals surface area contributed by atoms with Crippen molar-refractivity contribution in [3.63, 3.8) is 0 Å². The van der Waals surface area contributed by atoms with Crippen LogP contribution in [0.5, 0.6) is 5.75 Å². The summed E-state index contributed by atoms with van der Waals surface area (Å²) >= 11 is 1.66. The van der Waals surface area contributed by atoms with Gasteiger partial charge in [-0.25, -0.2) is 4.79 Å². The van der Waals surface area contributed by atoms with Gasteiger partial charge in [0.25, 0.3) is 0 Å². The number of thioether (sulfide) groups is 1. The number of hydrogen-bond donors (Lipinski definition) is 2. The van der Waals surface area contributed by atoms with Crippen molar-refractivity contribution in [3.8, 4) is 16.9 Å². The number of phenolic OH excluding ortho intramolecular Hbond substituents is 1. The number of phenols is 1. The van der Waals surface area contributed by atoms with E-state index >= 15 is 0 Å². The highest BCUT2D eigenvalue weighted by Gasteiger charge is 2.27. The zero-order valence-corrected chi connectivity index (χ0v) is 19.8. The zero-order valence-electron chi connectivity index (χ0n) is 19.0. The van der Waals surface area contributed by atoms with Gasteiger partial charge >= 0.3 is 5.97 Å². The number of carbonyl (C=O) groups excluding carboxylic acids is 1. The van der Waals surface area contributed by atoms with Crippen molar-refractivity contribution in [2.45, 2.75) is 24.1 Å². The van der Waals surface area contributed by atoms with Crippen LogP contribution in [-0.2, 0) is 24.1 Å². The van der Waals surface area contributed by atoms with Crippen molar-refractivity contribution in [2.24, 2.45) is 7.05 Å². The normalized spacial score (nSPS) is 11.1. The molecule has 0 aliphatic rings. The first-order valence-electron chi connectivity index (χ1n) is 10.8. The molecule has 7 heteroatoms. The number of benzene rings is 2. The molecule has 0 spiro atoms. The second-order valence-corrected chi connectivity index (χ2v) is 8.66. The largest absolute Gasteiger partial charge is 0.507 e. The topological polar surface area (TPSA) is 76.4 Å². The minimum absolute atomic E-state index is 0.154. The van der Waals surface area contributed by atoms with Gasteiger partial charge in [0.1, 0.15) is 5.75 Å². The van der Waals surface area contributed by atoms with Gasteiger partial charge in [0.05, 0.1) is 17.7 Å². The lowest BCUT2D eigenvalue weighted by molar-refractivity contribution is 0.0527. The Hall–Kier alpha value is -3.29. The number of aryl methyl sites for hydroxylation is 1. The molecule has 170 valence electrons. The Morgan fingerprint density at radius 2 is 1.91 bits per heavy atom. The number of fused-ring (bicyclic) bond motifs is 1. The Morgan fingerprint density at radius 3 is 2.58 bits per heavy atom. The van der Waals surface area contributed by atoms with Crippen molar-refractivity contribution < 1.29 is 14.6 Å². The van der Waals surface area contributed by atoms with E-state index in [0.717, 1.165) is 27.1 Å². The molecule has 2 aromatic carbocycles. The van der Waals surface area contributed by atoms with Gasteiger partial charge in [-0.2, -0.15) is 0 Å². The summed E-state index contributed by atoms with van der Waals surface area (Å²) < 4.78 is 7.50. The Morgan fingerprint density at radius 1 is 1.18 bits per heavy atom. The standard InChI is InChI=1S/C26H27N3O3S/c1-4-32-26(31)24-22(16-33-18-8-6-5-7-9-18)29(3)21-14-19(17-10-12-28-13-11-17)25(30)20(15-27-2)23(21)24/h5-14,27,30H,4,15-16H2,1-3H3. The maximum absolute atomic E-state index is 13.2. The molecule has 6 nitrogen and oxygen atoms in total. The summed E-state index contributed by atoms with van der Waals surface area (Å²) in [5.41, 5.74) is 4.49. The van der Waals surface area contributed by atoms with E-state index in [1.165, 1.54) is 0 Å². The number of pyridine rings is 1. The Labute approximate surface area is 197 Å². The van der Waals surface area contributed by atoms with Gasteiger partial charge in [-0.3, -0.25) is 4.98 Å². The molecule has 0 aliphatic heterocycles. The second-order valence-electron chi connectivity index (χ2n) is 7.61. The summed E-state index contributed by atoms with van der Waals surface area (Å²) in [7, 11) is 3.78. The monoisotopic (exact) mass is 461 g/mol. The summed E-state index contributed by atoms with van der Waals surface area (Å²) in [5, 5.41) is 15.2. The molecule has 0 atom stereocenters. The van der Waals surface area contributed by atoms with Crippen LogP contribution in [0, 0.1) is 0 Å². The quantitative estimate of drug-likeness (QED) is 0.280. The molecule has 4 aromatic rings. The van der Waals surface area contributed by atoms with E-state index in [4.69, 9.17) is 4.74 Å². The van der Waals surface area contributed by atoms with Crippen LogP contribution >= 0.6 is 11.8 Å². The molecule has 0 amide bonds. The van der Waals surface area contributed by atoms with Crippen LogP contribution in [0.2, 0.25) is 0 Å². The summed E-state index contributed by atoms with van der Waals surface area (Å²) in [6.07, 6.45) is 3.40. The lowest BCUT2D eigenvalue weighted by Crippen LogP contribution is -2.10. The van der Waals surface area contributed by atoms with Gasteiger partial charge in [0, 0.05) is 58.8 Å². The predicted molar refractivity (Wildman–Crippen MR) is 133 cm³/mol.